The van der Waals surface area contributed by atoms with Gasteiger partial charge in [-0.3, -0.25) is 0 Å². The van der Waals surface area contributed by atoms with E-state index in [1.54, 1.807) is 11.5 Å². The molecular weight excluding hydrogens is 223 g/mol. The lowest BCUT2D eigenvalue weighted by atomic mass is 10.2. The van der Waals surface area contributed by atoms with Gasteiger partial charge in [0.25, 0.3) is 0 Å². The Morgan fingerprint density at radius 3 is 2.86 bits per heavy atom. The Balaban J connectivity index is 3.22. The third-order valence-corrected chi connectivity index (χ3v) is 1.95. The Labute approximate surface area is 91.5 Å². The second-order valence-electron chi connectivity index (χ2n) is 2.44. The Kier molecular flexibility index (Phi) is 4.00. The van der Waals surface area contributed by atoms with Crippen LogP contribution in [0, 0.1) is 5.41 Å². The number of hydrogen-bond donors (Lipinski definition) is 2. The second kappa shape index (κ2) is 5.05. The Morgan fingerprint density at radius 1 is 1.57 bits per heavy atom. The van der Waals surface area contributed by atoms with Gasteiger partial charge in [0.2, 0.25) is 5.28 Å². The number of nitrogens with one attached hydrogen (secondary N) is 1. The van der Waals surface area contributed by atoms with E-state index in [-0.39, 0.29) is 5.28 Å². The third kappa shape index (κ3) is 2.51. The maximum atomic E-state index is 7.19. The summed E-state index contributed by atoms with van der Waals surface area (Å²) in [6.45, 7) is 0. The minimum absolute atomic E-state index is 0.119. The molecule has 1 aromatic rings. The molecule has 0 saturated carbocycles. The molecule has 0 aliphatic carbocycles. The summed E-state index contributed by atoms with van der Waals surface area (Å²) in [6.07, 6.45) is 4.32. The zero-order valence-electron chi connectivity index (χ0n) is 7.46. The Bertz CT molecular complexity index is 376. The molecule has 0 aliphatic heterocycles. The first-order valence-corrected chi connectivity index (χ1v) is 4.63. The van der Waals surface area contributed by atoms with Crippen LogP contribution < -0.4 is 5.32 Å². The van der Waals surface area contributed by atoms with Gasteiger partial charge in [-0.2, -0.15) is 0 Å². The van der Waals surface area contributed by atoms with Crippen LogP contribution in [0.25, 0.3) is 5.57 Å². The van der Waals surface area contributed by atoms with Gasteiger partial charge >= 0.3 is 0 Å². The van der Waals surface area contributed by atoms with Crippen molar-refractivity contribution in [2.24, 2.45) is 0 Å². The molecule has 3 N–H and O–H groups in total. The summed E-state index contributed by atoms with van der Waals surface area (Å²) < 4.78 is 0. The molecule has 0 radical (unpaired) electrons. The van der Waals surface area contributed by atoms with Crippen molar-refractivity contribution in [3.8, 4) is 0 Å². The van der Waals surface area contributed by atoms with Crippen molar-refractivity contribution in [2.45, 2.75) is 0 Å². The fraction of sp³-hybridized carbons (Fsp3) is 0.125. The minimum atomic E-state index is 0.119. The van der Waals surface area contributed by atoms with Gasteiger partial charge in [-0.05, 0) is 11.6 Å². The van der Waals surface area contributed by atoms with Crippen molar-refractivity contribution in [1.82, 2.24) is 9.97 Å². The molecular formula is C8H9Cl2N4+. The molecule has 0 aromatic carbocycles. The summed E-state index contributed by atoms with van der Waals surface area (Å²) in [5.41, 5.74) is 1.07. The topological polar surface area (TPSA) is 66.2 Å². The fourth-order valence-corrected chi connectivity index (χ4v) is 1.26. The summed E-state index contributed by atoms with van der Waals surface area (Å²) >= 11 is 11.5. The molecule has 0 fully saturated rings. The average molecular weight is 232 g/mol. The second-order valence-corrected chi connectivity index (χ2v) is 3.18. The SMILES string of the molecule is C[NH2+]/C=C(\C=N)c1nc(Cl)ncc1Cl. The molecule has 1 aromatic heterocycles. The molecule has 0 atom stereocenters. The van der Waals surface area contributed by atoms with E-state index < -0.39 is 0 Å². The molecule has 0 amide bonds. The summed E-state index contributed by atoms with van der Waals surface area (Å²) in [4.78, 5) is 7.67. The van der Waals surface area contributed by atoms with E-state index >= 15 is 0 Å². The van der Waals surface area contributed by atoms with Crippen LogP contribution in [0.4, 0.5) is 0 Å². The molecule has 14 heavy (non-hydrogen) atoms. The number of halogens is 2. The molecule has 4 nitrogen and oxygen atoms in total. The highest BCUT2D eigenvalue weighted by Crippen LogP contribution is 2.20. The monoisotopic (exact) mass is 231 g/mol. The van der Waals surface area contributed by atoms with Gasteiger partial charge < -0.3 is 10.7 Å². The quantitative estimate of drug-likeness (QED) is 0.602. The molecule has 0 saturated heterocycles. The number of nitrogens with zero attached hydrogens (tertiary/aromatic N) is 2. The number of allylic oxidation sites excluding steroid dienone is 1. The Morgan fingerprint density at radius 2 is 2.29 bits per heavy atom. The fourth-order valence-electron chi connectivity index (χ4n) is 0.923. The first-order valence-electron chi connectivity index (χ1n) is 3.87. The highest BCUT2D eigenvalue weighted by Gasteiger charge is 2.08. The van der Waals surface area contributed by atoms with Gasteiger partial charge in [0.15, 0.2) is 0 Å². The normalized spacial score (nSPS) is 11.5. The molecule has 1 rings (SSSR count). The molecule has 0 spiro atoms. The zero-order valence-corrected chi connectivity index (χ0v) is 8.97. The summed E-state index contributed by atoms with van der Waals surface area (Å²) in [7, 11) is 1.85. The first kappa shape index (κ1) is 11.1. The van der Waals surface area contributed by atoms with Crippen molar-refractivity contribution in [2.75, 3.05) is 7.05 Å². The van der Waals surface area contributed by atoms with Crippen molar-refractivity contribution in [3.63, 3.8) is 0 Å². The van der Waals surface area contributed by atoms with Crippen LogP contribution in [0.3, 0.4) is 0 Å². The largest absolute Gasteiger partial charge is 0.322 e. The van der Waals surface area contributed by atoms with Crippen LogP contribution in [0.15, 0.2) is 12.4 Å². The molecule has 1 heterocycles. The highest BCUT2D eigenvalue weighted by molar-refractivity contribution is 6.34. The standard InChI is InChI=1S/C8H8Cl2N4/c1-12-3-5(2-11)7-6(9)4-13-8(10)14-7/h2-4,11-12H,1H3/p+1/b5-3+,11-2?. The Hall–Kier alpha value is -0.970. The van der Waals surface area contributed by atoms with Gasteiger partial charge in [-0.15, -0.1) is 0 Å². The van der Waals surface area contributed by atoms with Crippen LogP contribution >= 0.6 is 23.2 Å². The number of hydrogen-bond acceptors (Lipinski definition) is 3. The highest BCUT2D eigenvalue weighted by atomic mass is 35.5. The van der Waals surface area contributed by atoms with E-state index in [0.717, 1.165) is 0 Å². The van der Waals surface area contributed by atoms with Gasteiger partial charge in [0.1, 0.15) is 11.9 Å². The lowest BCUT2D eigenvalue weighted by Crippen LogP contribution is -2.72. The van der Waals surface area contributed by atoms with Gasteiger partial charge in [-0.25, -0.2) is 9.97 Å². The van der Waals surface area contributed by atoms with Crippen molar-refractivity contribution in [1.29, 1.82) is 5.41 Å². The molecule has 0 bridgehead atoms. The van der Waals surface area contributed by atoms with Crippen LogP contribution in [-0.4, -0.2) is 23.2 Å². The molecule has 0 aliphatic rings. The van der Waals surface area contributed by atoms with E-state index in [1.165, 1.54) is 12.4 Å². The third-order valence-electron chi connectivity index (χ3n) is 1.49. The summed E-state index contributed by atoms with van der Waals surface area (Å²) in [5, 5.41) is 9.49. The summed E-state index contributed by atoms with van der Waals surface area (Å²) in [6, 6.07) is 0. The number of aromatic nitrogens is 2. The molecule has 6 heteroatoms. The lowest BCUT2D eigenvalue weighted by Gasteiger charge is -2.01. The van der Waals surface area contributed by atoms with Gasteiger partial charge in [0, 0.05) is 6.21 Å². The van der Waals surface area contributed by atoms with E-state index in [1.807, 2.05) is 7.05 Å². The van der Waals surface area contributed by atoms with Crippen molar-refractivity contribution >= 4 is 35.0 Å². The van der Waals surface area contributed by atoms with Gasteiger partial charge in [-0.1, -0.05) is 11.6 Å². The average Bonchev–Trinajstić information content (AvgIpc) is 2.18. The van der Waals surface area contributed by atoms with Crippen LogP contribution in [0.5, 0.6) is 0 Å². The summed E-state index contributed by atoms with van der Waals surface area (Å²) in [5.74, 6) is 0. The lowest BCUT2D eigenvalue weighted by molar-refractivity contribution is -0.555. The number of quaternary nitrogens is 1. The van der Waals surface area contributed by atoms with Crippen molar-refractivity contribution in [3.05, 3.63) is 28.4 Å². The zero-order chi connectivity index (χ0) is 10.6. The van der Waals surface area contributed by atoms with Crippen LogP contribution in [0.1, 0.15) is 5.69 Å². The van der Waals surface area contributed by atoms with E-state index in [4.69, 9.17) is 28.6 Å². The predicted octanol–water partition coefficient (Wildman–Crippen LogP) is 0.967. The number of nitrogens with two attached hydrogens (primary N) is 1. The van der Waals surface area contributed by atoms with Gasteiger partial charge in [0.05, 0.1) is 23.8 Å². The number of rotatable bonds is 3. The van der Waals surface area contributed by atoms with E-state index in [2.05, 4.69) is 9.97 Å². The van der Waals surface area contributed by atoms with E-state index in [0.29, 0.717) is 16.3 Å². The molecule has 0 unspecified atom stereocenters. The smallest absolute Gasteiger partial charge is 0.222 e. The first-order chi connectivity index (χ1) is 6.69. The minimum Gasteiger partial charge on any atom is -0.322 e. The maximum Gasteiger partial charge on any atom is 0.222 e. The predicted molar refractivity (Wildman–Crippen MR) is 56.7 cm³/mol. The van der Waals surface area contributed by atoms with Crippen molar-refractivity contribution < 1.29 is 5.32 Å². The van der Waals surface area contributed by atoms with E-state index in [9.17, 15) is 0 Å². The molecule has 74 valence electrons. The van der Waals surface area contributed by atoms with Crippen LogP contribution in [-0.2, 0) is 0 Å². The van der Waals surface area contributed by atoms with Crippen LogP contribution in [0.2, 0.25) is 10.3 Å². The maximum absolute atomic E-state index is 7.19.